The number of aromatic nitrogens is 6. The van der Waals surface area contributed by atoms with Crippen molar-refractivity contribution in [3.63, 3.8) is 0 Å². The van der Waals surface area contributed by atoms with Crippen LogP contribution in [-0.2, 0) is 23.4 Å². The van der Waals surface area contributed by atoms with Crippen molar-refractivity contribution in [3.8, 4) is 0 Å². The molecular weight excluding hydrogens is 1120 g/mol. The molecule has 0 aliphatic carbocycles. The van der Waals surface area contributed by atoms with E-state index in [1.54, 1.807) is 31.2 Å². The van der Waals surface area contributed by atoms with Gasteiger partial charge in [0, 0.05) is 60.6 Å². The molecule has 0 amide bonds. The maximum Gasteiger partial charge on any atom is 0.261 e. The predicted molar refractivity (Wildman–Crippen MR) is 292 cm³/mol. The van der Waals surface area contributed by atoms with Crippen LogP contribution in [0, 0.1) is 7.14 Å². The second kappa shape index (κ2) is 23.6. The molecule has 6 unspecified atom stereocenters. The molecule has 2 aliphatic heterocycles. The van der Waals surface area contributed by atoms with Gasteiger partial charge in [-0.05, 0) is 60.6 Å². The summed E-state index contributed by atoms with van der Waals surface area (Å²) in [7, 11) is 4.93. The standard InChI is InChI=1S/C33H40IN5O3Si.C17H22IN5O3/c1-7-18-40-27-19-29(39-20-26(34)30-31(37-23-38(5)6)35-22-36-32(30)39)42-28(27)21-41-43(33(2,3)4,24-14-10-8-11-15-24)25-16-12-9-13-17-25;1-4-5-25-12-6-14(26-13(12)8-24)23-7-11(18)15-16(21-10-22(2)3)19-9-20-17(15)23/h7-17,20,22-23,27-29H,1,18-19,21H2,2-6H3;4,7,9-10,12-14,24H,1,5-6,8H2,2-3H3. The summed E-state index contributed by atoms with van der Waals surface area (Å²) in [6.07, 6.45) is 13.7. The quantitative estimate of drug-likeness (QED) is 0.0293. The Labute approximate surface area is 432 Å². The van der Waals surface area contributed by atoms with Crippen LogP contribution in [0.1, 0.15) is 46.1 Å². The zero-order chi connectivity index (χ0) is 49.3. The molecule has 2 fully saturated rings. The normalized spacial score (nSPS) is 20.8. The van der Waals surface area contributed by atoms with Crippen LogP contribution >= 0.6 is 45.2 Å². The monoisotopic (exact) mass is 1180 g/mol. The minimum absolute atomic E-state index is 0.0953. The summed E-state index contributed by atoms with van der Waals surface area (Å²) in [4.78, 5) is 30.6. The SMILES string of the molecule is C=CCOC1CC(n2cc(I)c3c(N=CN(C)C)ncnc32)OC1CO.C=CCOC1CC(n2cc(I)c3c(N=CN(C)C)ncnc32)OC1CO[Si](c1ccccc1)(c1ccccc1)C(C)(C)C. The maximum atomic E-state index is 9.59. The fraction of sp³-hybridized carbons (Fsp3) is 0.400. The minimum Gasteiger partial charge on any atom is -0.405 e. The van der Waals surface area contributed by atoms with Gasteiger partial charge in [-0.1, -0.05) is 93.6 Å². The van der Waals surface area contributed by atoms with Crippen molar-refractivity contribution in [2.45, 2.75) is 75.5 Å². The Hall–Kier alpha value is -4.46. The van der Waals surface area contributed by atoms with Crippen LogP contribution in [0.3, 0.4) is 0 Å². The summed E-state index contributed by atoms with van der Waals surface area (Å²) >= 11 is 4.58. The maximum absolute atomic E-state index is 9.59. The molecule has 2 aromatic carbocycles. The van der Waals surface area contributed by atoms with Crippen LogP contribution in [0.2, 0.25) is 5.04 Å². The number of ether oxygens (including phenoxy) is 4. The highest BCUT2D eigenvalue weighted by atomic mass is 127. The zero-order valence-electron chi connectivity index (χ0n) is 40.2. The van der Waals surface area contributed by atoms with Crippen molar-refractivity contribution in [3.05, 3.63) is 118 Å². The number of nitrogens with zero attached hydrogens (tertiary/aromatic N) is 10. The highest BCUT2D eigenvalue weighted by molar-refractivity contribution is 14.1. The first-order chi connectivity index (χ1) is 33.2. The first-order valence-electron chi connectivity index (χ1n) is 22.8. The van der Waals surface area contributed by atoms with Crippen LogP contribution in [0.4, 0.5) is 11.6 Å². The van der Waals surface area contributed by atoms with Gasteiger partial charge in [0.1, 0.15) is 48.6 Å². The van der Waals surface area contributed by atoms with Crippen molar-refractivity contribution >= 4 is 110 Å². The molecule has 8 rings (SSSR count). The van der Waals surface area contributed by atoms with Crippen molar-refractivity contribution in [2.75, 3.05) is 54.6 Å². The van der Waals surface area contributed by atoms with Crippen molar-refractivity contribution < 1.29 is 28.5 Å². The topological polar surface area (TPSA) is 159 Å². The van der Waals surface area contributed by atoms with Crippen LogP contribution in [-0.4, -0.2) is 144 Å². The number of hydrogen-bond acceptors (Lipinski definition) is 12. The Morgan fingerprint density at radius 3 is 1.57 bits per heavy atom. The van der Waals surface area contributed by atoms with Gasteiger partial charge in [-0.2, -0.15) is 0 Å². The molecule has 6 atom stereocenters. The summed E-state index contributed by atoms with van der Waals surface area (Å²) in [6.45, 7) is 15.6. The molecule has 1 N–H and O–H groups in total. The molecule has 366 valence electrons. The molecular formula is C50H62I2N10O6Si. The van der Waals surface area contributed by atoms with Gasteiger partial charge >= 0.3 is 0 Å². The van der Waals surface area contributed by atoms with Gasteiger partial charge in [0.2, 0.25) is 0 Å². The highest BCUT2D eigenvalue weighted by Gasteiger charge is 2.51. The number of aliphatic hydroxyl groups excluding tert-OH is 1. The lowest BCUT2D eigenvalue weighted by Crippen LogP contribution is -2.67. The van der Waals surface area contributed by atoms with E-state index in [1.807, 2.05) is 48.8 Å². The predicted octanol–water partition coefficient (Wildman–Crippen LogP) is 7.80. The first kappa shape index (κ1) is 52.4. The van der Waals surface area contributed by atoms with E-state index < -0.39 is 8.32 Å². The van der Waals surface area contributed by atoms with Gasteiger partial charge in [-0.3, -0.25) is 0 Å². The summed E-state index contributed by atoms with van der Waals surface area (Å²) in [6, 6.07) is 21.4. The van der Waals surface area contributed by atoms with E-state index in [9.17, 15) is 5.11 Å². The lowest BCUT2D eigenvalue weighted by Gasteiger charge is -2.43. The fourth-order valence-electron chi connectivity index (χ4n) is 8.78. The fourth-order valence-corrected chi connectivity index (χ4v) is 14.9. The van der Waals surface area contributed by atoms with Crippen LogP contribution in [0.5, 0.6) is 0 Å². The summed E-state index contributed by atoms with van der Waals surface area (Å²) in [5.74, 6) is 1.24. The zero-order valence-corrected chi connectivity index (χ0v) is 45.5. The van der Waals surface area contributed by atoms with Gasteiger partial charge in [0.25, 0.3) is 8.32 Å². The molecule has 0 spiro atoms. The molecule has 0 bridgehead atoms. The van der Waals surface area contributed by atoms with Gasteiger partial charge in [-0.15, -0.1) is 13.2 Å². The smallest absolute Gasteiger partial charge is 0.261 e. The Balaban J connectivity index is 0.000000231. The molecule has 16 nitrogen and oxygen atoms in total. The number of hydrogen-bond donors (Lipinski definition) is 1. The average Bonchev–Trinajstić information content (AvgIpc) is 4.12. The Bertz CT molecular complexity index is 2670. The number of rotatable bonds is 18. The number of halogens is 2. The van der Waals surface area contributed by atoms with Crippen molar-refractivity contribution in [1.29, 1.82) is 0 Å². The number of benzene rings is 2. The molecule has 4 aromatic heterocycles. The molecule has 0 saturated carbocycles. The third-order valence-corrected chi connectivity index (χ3v) is 18.4. The minimum atomic E-state index is -2.75. The van der Waals surface area contributed by atoms with E-state index in [2.05, 4.69) is 180 Å². The lowest BCUT2D eigenvalue weighted by atomic mass is 10.2. The third kappa shape index (κ3) is 11.8. The average molecular weight is 1180 g/mol. The van der Waals surface area contributed by atoms with Crippen molar-refractivity contribution in [1.82, 2.24) is 38.9 Å². The molecule has 6 aromatic rings. The number of fused-ring (bicyclic) bond motifs is 2. The Morgan fingerprint density at radius 1 is 0.725 bits per heavy atom. The summed E-state index contributed by atoms with van der Waals surface area (Å²) < 4.78 is 38.1. The summed E-state index contributed by atoms with van der Waals surface area (Å²) in [5, 5.41) is 13.7. The largest absolute Gasteiger partial charge is 0.405 e. The van der Waals surface area contributed by atoms with E-state index in [1.165, 1.54) is 16.7 Å². The van der Waals surface area contributed by atoms with Crippen LogP contribution in [0.25, 0.3) is 22.1 Å². The van der Waals surface area contributed by atoms with E-state index in [0.717, 1.165) is 29.2 Å². The third-order valence-electron chi connectivity index (χ3n) is 11.8. The van der Waals surface area contributed by atoms with Gasteiger partial charge < -0.3 is 47.4 Å². The van der Waals surface area contributed by atoms with Crippen LogP contribution < -0.4 is 10.4 Å². The first-order valence-corrected chi connectivity index (χ1v) is 26.8. The van der Waals surface area contributed by atoms with Gasteiger partial charge in [0.15, 0.2) is 11.6 Å². The second-order valence-electron chi connectivity index (χ2n) is 18.2. The molecule has 2 aliphatic rings. The molecule has 0 radical (unpaired) electrons. The second-order valence-corrected chi connectivity index (χ2v) is 24.8. The molecule has 2 saturated heterocycles. The molecule has 19 heteroatoms. The Kier molecular flexibility index (Phi) is 17.9. The van der Waals surface area contributed by atoms with E-state index >= 15 is 0 Å². The van der Waals surface area contributed by atoms with Gasteiger partial charge in [-0.25, -0.2) is 29.9 Å². The highest BCUT2D eigenvalue weighted by Crippen LogP contribution is 2.41. The van der Waals surface area contributed by atoms with Crippen LogP contribution in [0.15, 0.2) is 121 Å². The number of aliphatic imine (C=N–C) groups is 2. The Morgan fingerprint density at radius 2 is 1.16 bits per heavy atom. The van der Waals surface area contributed by atoms with E-state index in [-0.39, 0.29) is 48.5 Å². The lowest BCUT2D eigenvalue weighted by molar-refractivity contribution is -0.0560. The van der Waals surface area contributed by atoms with Gasteiger partial charge in [0.05, 0.1) is 62.1 Å². The number of aliphatic hydroxyl groups is 1. The summed E-state index contributed by atoms with van der Waals surface area (Å²) in [5.41, 5.74) is 1.53. The molecule has 6 heterocycles. The molecule has 69 heavy (non-hydrogen) atoms. The van der Waals surface area contributed by atoms with Crippen molar-refractivity contribution in [2.24, 2.45) is 9.98 Å². The van der Waals surface area contributed by atoms with E-state index in [0.29, 0.717) is 44.3 Å². The van der Waals surface area contributed by atoms with E-state index in [4.69, 9.17) is 23.4 Å².